The molecule has 13 heteroatoms. The first-order valence-corrected chi connectivity index (χ1v) is 14.0. The lowest BCUT2D eigenvalue weighted by atomic mass is 10.0. The second kappa shape index (κ2) is 10.6. The number of phenolic OH excluding ortho intramolecular Hbond substituents is 1. The average molecular weight is 609 g/mol. The molecule has 2 aliphatic heterocycles. The Hall–Kier alpha value is -4.58. The van der Waals surface area contributed by atoms with Gasteiger partial charge in [-0.25, -0.2) is 23.1 Å². The van der Waals surface area contributed by atoms with Crippen LogP contribution in [0.4, 0.5) is 14.6 Å². The first kappa shape index (κ1) is 28.5. The summed E-state index contributed by atoms with van der Waals surface area (Å²) in [5.74, 6) is -3.29. The van der Waals surface area contributed by atoms with E-state index >= 15 is 4.39 Å². The van der Waals surface area contributed by atoms with Gasteiger partial charge in [-0.05, 0) is 42.7 Å². The zero-order valence-electron chi connectivity index (χ0n) is 23.6. The quantitative estimate of drug-likeness (QED) is 0.337. The van der Waals surface area contributed by atoms with Crippen molar-refractivity contribution in [3.63, 3.8) is 0 Å². The number of aromatic hydroxyl groups is 1. The SMILES string of the molecule is C=CC(=O)N1CCN2c3nc(=O)n(-c4c(C)ccnc4C(C)C)c4nc(-c5c(O)ccc(F)c5F)c(Cl)c(c34)OCC2C1. The van der Waals surface area contributed by atoms with Crippen molar-refractivity contribution in [1.82, 2.24) is 24.4 Å². The van der Waals surface area contributed by atoms with Gasteiger partial charge in [0.15, 0.2) is 23.0 Å². The van der Waals surface area contributed by atoms with Crippen LogP contribution >= 0.6 is 11.6 Å². The van der Waals surface area contributed by atoms with E-state index in [1.165, 1.54) is 10.6 Å². The topological polar surface area (TPSA) is 114 Å². The molecule has 1 fully saturated rings. The van der Waals surface area contributed by atoms with E-state index in [0.29, 0.717) is 30.0 Å². The van der Waals surface area contributed by atoms with Crippen LogP contribution < -0.4 is 15.3 Å². The predicted molar refractivity (Wildman–Crippen MR) is 157 cm³/mol. The van der Waals surface area contributed by atoms with E-state index in [9.17, 15) is 19.1 Å². The molecule has 2 aliphatic rings. The standard InChI is InChI=1S/C30H27ClF2N6O4/c1-5-19(41)37-10-11-38-16(12-37)13-43-27-21-28(38)36-30(42)39(26-15(4)8-9-34-24(26)14(2)3)29(21)35-25(22(27)31)20-18(40)7-6-17(32)23(20)33/h5-9,14,16,40H,1,10-13H2,2-4H3. The summed E-state index contributed by atoms with van der Waals surface area (Å²) in [6.45, 7) is 10.2. The lowest BCUT2D eigenvalue weighted by Gasteiger charge is -2.40. The van der Waals surface area contributed by atoms with Crippen LogP contribution in [0.2, 0.25) is 5.02 Å². The molecule has 1 unspecified atom stereocenters. The molecule has 3 aromatic heterocycles. The molecule has 1 saturated heterocycles. The van der Waals surface area contributed by atoms with Crippen molar-refractivity contribution in [3.05, 3.63) is 75.4 Å². The second-order valence-electron chi connectivity index (χ2n) is 10.8. The molecule has 1 amide bonds. The summed E-state index contributed by atoms with van der Waals surface area (Å²) in [5, 5.41) is 10.7. The molecule has 1 atom stereocenters. The Kier molecular flexibility index (Phi) is 7.04. The normalized spacial score (nSPS) is 16.2. The maximum absolute atomic E-state index is 15.2. The number of halogens is 3. The highest BCUT2D eigenvalue weighted by Crippen LogP contribution is 2.47. The second-order valence-corrected chi connectivity index (χ2v) is 11.2. The summed E-state index contributed by atoms with van der Waals surface area (Å²) >= 11 is 6.84. The van der Waals surface area contributed by atoms with Gasteiger partial charge in [0.1, 0.15) is 34.3 Å². The largest absolute Gasteiger partial charge is 0.507 e. The number of nitrogens with zero attached hydrogens (tertiary/aromatic N) is 6. The first-order chi connectivity index (χ1) is 20.5. The van der Waals surface area contributed by atoms with Crippen LogP contribution in [0, 0.1) is 18.6 Å². The van der Waals surface area contributed by atoms with Gasteiger partial charge in [-0.2, -0.15) is 4.98 Å². The third-order valence-electron chi connectivity index (χ3n) is 7.80. The fourth-order valence-electron chi connectivity index (χ4n) is 5.73. The van der Waals surface area contributed by atoms with Gasteiger partial charge >= 0.3 is 5.69 Å². The molecule has 6 rings (SSSR count). The maximum Gasteiger partial charge on any atom is 0.355 e. The van der Waals surface area contributed by atoms with Crippen molar-refractivity contribution in [3.8, 4) is 28.4 Å². The van der Waals surface area contributed by atoms with Crippen LogP contribution in [0.1, 0.15) is 31.0 Å². The Bertz CT molecular complexity index is 1900. The number of phenols is 1. The summed E-state index contributed by atoms with van der Waals surface area (Å²) in [6, 6.07) is 3.09. The number of benzene rings is 1. The van der Waals surface area contributed by atoms with Crippen molar-refractivity contribution < 1.29 is 23.4 Å². The third-order valence-corrected chi connectivity index (χ3v) is 8.15. The summed E-state index contributed by atoms with van der Waals surface area (Å²) in [5.41, 5.74) is 0.126. The molecule has 222 valence electrons. The van der Waals surface area contributed by atoms with Crippen molar-refractivity contribution >= 4 is 34.4 Å². The number of carbonyl (C=O) groups excluding carboxylic acids is 1. The first-order valence-electron chi connectivity index (χ1n) is 13.6. The molecule has 43 heavy (non-hydrogen) atoms. The van der Waals surface area contributed by atoms with E-state index in [1.807, 2.05) is 25.7 Å². The predicted octanol–water partition coefficient (Wildman–Crippen LogP) is 4.51. The number of aromatic nitrogens is 4. The Balaban J connectivity index is 1.72. The van der Waals surface area contributed by atoms with Crippen LogP contribution in [0.15, 0.2) is 41.8 Å². The lowest BCUT2D eigenvalue weighted by molar-refractivity contribution is -0.126. The monoisotopic (exact) mass is 608 g/mol. The number of hydrogen-bond acceptors (Lipinski definition) is 8. The minimum Gasteiger partial charge on any atom is -0.507 e. The fourth-order valence-corrected chi connectivity index (χ4v) is 6.01. The number of anilines is 1. The summed E-state index contributed by atoms with van der Waals surface area (Å²) in [6.07, 6.45) is 2.87. The number of hydrogen-bond donors (Lipinski definition) is 1. The smallest absolute Gasteiger partial charge is 0.355 e. The van der Waals surface area contributed by atoms with Crippen LogP contribution in [-0.2, 0) is 4.79 Å². The molecule has 5 heterocycles. The van der Waals surface area contributed by atoms with Gasteiger partial charge in [-0.15, -0.1) is 0 Å². The van der Waals surface area contributed by atoms with Crippen LogP contribution in [0.25, 0.3) is 28.0 Å². The van der Waals surface area contributed by atoms with E-state index in [2.05, 4.69) is 21.5 Å². The minimum absolute atomic E-state index is 0.00992. The van der Waals surface area contributed by atoms with Crippen LogP contribution in [0.5, 0.6) is 11.5 Å². The van der Waals surface area contributed by atoms with Gasteiger partial charge in [0, 0.05) is 25.8 Å². The van der Waals surface area contributed by atoms with Gasteiger partial charge in [-0.3, -0.25) is 9.78 Å². The molecule has 1 aromatic carbocycles. The molecule has 10 nitrogen and oxygen atoms in total. The molecule has 0 radical (unpaired) electrons. The number of carbonyl (C=O) groups is 1. The van der Waals surface area contributed by atoms with Crippen molar-refractivity contribution in [2.24, 2.45) is 0 Å². The molecule has 1 N–H and O–H groups in total. The van der Waals surface area contributed by atoms with Gasteiger partial charge in [-0.1, -0.05) is 32.0 Å². The summed E-state index contributed by atoms with van der Waals surface area (Å²) < 4.78 is 37.2. The Morgan fingerprint density at radius 3 is 2.72 bits per heavy atom. The van der Waals surface area contributed by atoms with Crippen molar-refractivity contribution in [1.29, 1.82) is 0 Å². The highest BCUT2D eigenvalue weighted by atomic mass is 35.5. The molecule has 4 aromatic rings. The van der Waals surface area contributed by atoms with Crippen LogP contribution in [-0.4, -0.2) is 67.7 Å². The van der Waals surface area contributed by atoms with E-state index < -0.39 is 34.7 Å². The molecule has 0 saturated carbocycles. The highest BCUT2D eigenvalue weighted by Gasteiger charge is 2.38. The van der Waals surface area contributed by atoms with E-state index in [-0.39, 0.29) is 58.3 Å². The number of ether oxygens (including phenoxy) is 1. The van der Waals surface area contributed by atoms with Gasteiger partial charge in [0.2, 0.25) is 5.91 Å². The molecule has 0 bridgehead atoms. The summed E-state index contributed by atoms with van der Waals surface area (Å²) in [7, 11) is 0. The summed E-state index contributed by atoms with van der Waals surface area (Å²) in [4.78, 5) is 43.6. The fraction of sp³-hybridized carbons (Fsp3) is 0.300. The average Bonchev–Trinajstić information content (AvgIpc) is 3.14. The third kappa shape index (κ3) is 4.48. The van der Waals surface area contributed by atoms with Gasteiger partial charge < -0.3 is 19.6 Å². The molecular weight excluding hydrogens is 582 g/mol. The van der Waals surface area contributed by atoms with E-state index in [1.54, 1.807) is 17.2 Å². The number of pyridine rings is 2. The zero-order valence-corrected chi connectivity index (χ0v) is 24.3. The van der Waals surface area contributed by atoms with Crippen molar-refractivity contribution in [2.75, 3.05) is 31.1 Å². The van der Waals surface area contributed by atoms with Crippen molar-refractivity contribution in [2.45, 2.75) is 32.7 Å². The molecule has 0 spiro atoms. The minimum atomic E-state index is -1.37. The Labute approximate surface area is 249 Å². The molecular formula is C30H27ClF2N6O4. The highest BCUT2D eigenvalue weighted by molar-refractivity contribution is 6.36. The maximum atomic E-state index is 15.2. The van der Waals surface area contributed by atoms with Gasteiger partial charge in [0.25, 0.3) is 0 Å². The number of fused-ring (bicyclic) bond motifs is 2. The Morgan fingerprint density at radius 2 is 2.00 bits per heavy atom. The number of piperazine rings is 1. The van der Waals surface area contributed by atoms with E-state index in [4.69, 9.17) is 16.3 Å². The van der Waals surface area contributed by atoms with E-state index in [0.717, 1.165) is 12.1 Å². The zero-order chi connectivity index (χ0) is 30.7. The number of rotatable bonds is 4. The lowest BCUT2D eigenvalue weighted by Crippen LogP contribution is -2.56. The van der Waals surface area contributed by atoms with Crippen LogP contribution in [0.3, 0.4) is 0 Å². The van der Waals surface area contributed by atoms with Gasteiger partial charge in [0.05, 0.1) is 23.0 Å². The Morgan fingerprint density at radius 1 is 1.23 bits per heavy atom. The number of amides is 1. The number of aryl methyl sites for hydroxylation is 1. The molecule has 0 aliphatic carbocycles.